The highest BCUT2D eigenvalue weighted by Gasteiger charge is 2.24. The van der Waals surface area contributed by atoms with E-state index in [1.165, 1.54) is 17.0 Å². The molecule has 0 N–H and O–H groups in total. The van der Waals surface area contributed by atoms with Crippen molar-refractivity contribution in [3.05, 3.63) is 56.2 Å². The Balaban J connectivity index is 1.60. The van der Waals surface area contributed by atoms with E-state index in [2.05, 4.69) is 11.9 Å². The van der Waals surface area contributed by atoms with E-state index in [9.17, 15) is 9.18 Å². The normalized spacial score (nSPS) is 18.8. The van der Waals surface area contributed by atoms with E-state index in [-0.39, 0.29) is 24.7 Å². The molecule has 1 aliphatic carbocycles. The van der Waals surface area contributed by atoms with Gasteiger partial charge in [0.1, 0.15) is 16.4 Å². The van der Waals surface area contributed by atoms with Crippen LogP contribution in [-0.4, -0.2) is 16.3 Å². The predicted molar refractivity (Wildman–Crippen MR) is 101 cm³/mol. The van der Waals surface area contributed by atoms with Gasteiger partial charge in [0.15, 0.2) is 6.79 Å². The standard InChI is InChI=1S/C20H19FN2O3S/c1-11-2-3-15-16(4-11)27-19-17(15)20(24)23(9-22-19)7-12-5-14(21)6-13-8-25-10-26-18(12)13/h5-6,9,11H,2-4,7-8,10H2,1H3. The van der Waals surface area contributed by atoms with Crippen LogP contribution in [0.2, 0.25) is 0 Å². The highest BCUT2D eigenvalue weighted by atomic mass is 32.1. The molecule has 0 amide bonds. The molecule has 27 heavy (non-hydrogen) atoms. The van der Waals surface area contributed by atoms with E-state index in [1.54, 1.807) is 22.2 Å². The van der Waals surface area contributed by atoms with Gasteiger partial charge in [-0.2, -0.15) is 0 Å². The Kier molecular flexibility index (Phi) is 4.02. The summed E-state index contributed by atoms with van der Waals surface area (Å²) < 4.78 is 26.4. The van der Waals surface area contributed by atoms with Crippen molar-refractivity contribution in [2.45, 2.75) is 39.3 Å². The number of rotatable bonds is 2. The van der Waals surface area contributed by atoms with Gasteiger partial charge in [0.2, 0.25) is 0 Å². The molecule has 0 fully saturated rings. The Morgan fingerprint density at radius 3 is 3.19 bits per heavy atom. The molecule has 0 radical (unpaired) electrons. The van der Waals surface area contributed by atoms with Crippen LogP contribution >= 0.6 is 11.3 Å². The number of nitrogens with zero attached hydrogens (tertiary/aromatic N) is 2. The van der Waals surface area contributed by atoms with Crippen LogP contribution in [0.4, 0.5) is 4.39 Å². The minimum absolute atomic E-state index is 0.0582. The van der Waals surface area contributed by atoms with Crippen LogP contribution in [0.15, 0.2) is 23.3 Å². The van der Waals surface area contributed by atoms with Gasteiger partial charge >= 0.3 is 0 Å². The molecule has 2 aliphatic rings. The molecule has 5 rings (SSSR count). The van der Waals surface area contributed by atoms with Crippen LogP contribution in [0.3, 0.4) is 0 Å². The van der Waals surface area contributed by atoms with Crippen molar-refractivity contribution in [1.29, 1.82) is 0 Å². The number of halogens is 1. The van der Waals surface area contributed by atoms with Crippen molar-refractivity contribution in [2.24, 2.45) is 5.92 Å². The fourth-order valence-corrected chi connectivity index (χ4v) is 5.38. The predicted octanol–water partition coefficient (Wildman–Crippen LogP) is 3.64. The Hall–Kier alpha value is -2.25. The zero-order valence-corrected chi connectivity index (χ0v) is 15.8. The van der Waals surface area contributed by atoms with E-state index in [1.807, 2.05) is 0 Å². The average Bonchev–Trinajstić information content (AvgIpc) is 3.02. The number of aryl methyl sites for hydroxylation is 1. The minimum Gasteiger partial charge on any atom is -0.467 e. The number of hydrogen-bond donors (Lipinski definition) is 0. The van der Waals surface area contributed by atoms with E-state index >= 15 is 0 Å². The van der Waals surface area contributed by atoms with Gasteiger partial charge in [0.25, 0.3) is 5.56 Å². The maximum Gasteiger partial charge on any atom is 0.262 e. The van der Waals surface area contributed by atoms with Crippen molar-refractivity contribution in [1.82, 2.24) is 9.55 Å². The number of thiophene rings is 1. The monoisotopic (exact) mass is 386 g/mol. The molecule has 0 saturated heterocycles. The molecule has 140 valence electrons. The fourth-order valence-electron chi connectivity index (χ4n) is 4.04. The molecule has 5 nitrogen and oxygen atoms in total. The maximum absolute atomic E-state index is 14.0. The Bertz CT molecular complexity index is 1100. The van der Waals surface area contributed by atoms with Gasteiger partial charge in [-0.05, 0) is 42.9 Å². The highest BCUT2D eigenvalue weighted by molar-refractivity contribution is 7.18. The molecular formula is C20H19FN2O3S. The number of aromatic nitrogens is 2. The molecular weight excluding hydrogens is 367 g/mol. The summed E-state index contributed by atoms with van der Waals surface area (Å²) in [5.74, 6) is 0.892. The van der Waals surface area contributed by atoms with Crippen LogP contribution in [0, 0.1) is 11.7 Å². The molecule has 1 aliphatic heterocycles. The van der Waals surface area contributed by atoms with Crippen molar-refractivity contribution >= 4 is 21.6 Å². The van der Waals surface area contributed by atoms with E-state index in [0.717, 1.165) is 35.0 Å². The van der Waals surface area contributed by atoms with Gasteiger partial charge in [-0.15, -0.1) is 11.3 Å². The van der Waals surface area contributed by atoms with Gasteiger partial charge in [-0.1, -0.05) is 6.92 Å². The maximum atomic E-state index is 14.0. The van der Waals surface area contributed by atoms with Crippen LogP contribution in [0.5, 0.6) is 5.75 Å². The third-order valence-electron chi connectivity index (χ3n) is 5.37. The van der Waals surface area contributed by atoms with Crippen molar-refractivity contribution in [2.75, 3.05) is 6.79 Å². The fraction of sp³-hybridized carbons (Fsp3) is 0.400. The first-order valence-corrected chi connectivity index (χ1v) is 9.93. The molecule has 0 spiro atoms. The van der Waals surface area contributed by atoms with Crippen LogP contribution < -0.4 is 10.3 Å². The van der Waals surface area contributed by atoms with Crippen molar-refractivity contribution in [3.63, 3.8) is 0 Å². The lowest BCUT2D eigenvalue weighted by atomic mass is 9.89. The molecule has 1 unspecified atom stereocenters. The lowest BCUT2D eigenvalue weighted by Gasteiger charge is -2.21. The molecule has 3 heterocycles. The summed E-state index contributed by atoms with van der Waals surface area (Å²) >= 11 is 1.63. The zero-order valence-electron chi connectivity index (χ0n) is 15.0. The molecule has 3 aromatic rings. The molecule has 1 atom stereocenters. The summed E-state index contributed by atoms with van der Waals surface area (Å²) in [5, 5.41) is 0.735. The molecule has 7 heteroatoms. The SMILES string of the molecule is CC1CCc2c(sc3ncn(Cc4cc(F)cc5c4OCOC5)c(=O)c23)C1. The van der Waals surface area contributed by atoms with Crippen LogP contribution in [0.25, 0.3) is 10.2 Å². The van der Waals surface area contributed by atoms with Crippen molar-refractivity contribution < 1.29 is 13.9 Å². The first kappa shape index (κ1) is 16.9. The topological polar surface area (TPSA) is 53.4 Å². The van der Waals surface area contributed by atoms with Gasteiger partial charge in [-0.25, -0.2) is 9.37 Å². The quantitative estimate of drug-likeness (QED) is 0.675. The first-order chi connectivity index (χ1) is 13.1. The van der Waals surface area contributed by atoms with E-state index < -0.39 is 0 Å². The molecule has 0 saturated carbocycles. The lowest BCUT2D eigenvalue weighted by Crippen LogP contribution is -2.23. The van der Waals surface area contributed by atoms with Crippen LogP contribution in [-0.2, 0) is 30.7 Å². The third kappa shape index (κ3) is 2.85. The summed E-state index contributed by atoms with van der Waals surface area (Å²) in [6.45, 7) is 2.91. The highest BCUT2D eigenvalue weighted by Crippen LogP contribution is 2.36. The lowest BCUT2D eigenvalue weighted by molar-refractivity contribution is -0.0173. The Labute approximate surface area is 159 Å². The first-order valence-electron chi connectivity index (χ1n) is 9.11. The smallest absolute Gasteiger partial charge is 0.262 e. The van der Waals surface area contributed by atoms with Gasteiger partial charge in [0, 0.05) is 16.0 Å². The van der Waals surface area contributed by atoms with E-state index in [4.69, 9.17) is 9.47 Å². The molecule has 2 aromatic heterocycles. The Morgan fingerprint density at radius 2 is 2.30 bits per heavy atom. The number of ether oxygens (including phenoxy) is 2. The zero-order chi connectivity index (χ0) is 18.5. The number of benzene rings is 1. The van der Waals surface area contributed by atoms with Crippen LogP contribution in [0.1, 0.15) is 34.9 Å². The molecule has 0 bridgehead atoms. The largest absolute Gasteiger partial charge is 0.467 e. The van der Waals surface area contributed by atoms with Gasteiger partial charge in [-0.3, -0.25) is 9.36 Å². The van der Waals surface area contributed by atoms with Gasteiger partial charge in [0.05, 0.1) is 24.9 Å². The minimum atomic E-state index is -0.359. The van der Waals surface area contributed by atoms with E-state index in [0.29, 0.717) is 29.4 Å². The second-order valence-corrected chi connectivity index (χ2v) is 8.46. The Morgan fingerprint density at radius 1 is 1.41 bits per heavy atom. The van der Waals surface area contributed by atoms with Gasteiger partial charge < -0.3 is 9.47 Å². The third-order valence-corrected chi connectivity index (χ3v) is 6.54. The number of fused-ring (bicyclic) bond motifs is 4. The second-order valence-electron chi connectivity index (χ2n) is 7.37. The average molecular weight is 386 g/mol. The summed E-state index contributed by atoms with van der Waals surface area (Å²) in [7, 11) is 0. The summed E-state index contributed by atoms with van der Waals surface area (Å²) in [5.41, 5.74) is 2.40. The number of hydrogen-bond acceptors (Lipinski definition) is 5. The summed E-state index contributed by atoms with van der Waals surface area (Å²) in [6, 6.07) is 2.84. The summed E-state index contributed by atoms with van der Waals surface area (Å²) in [6.07, 6.45) is 4.60. The summed E-state index contributed by atoms with van der Waals surface area (Å²) in [4.78, 5) is 19.8. The van der Waals surface area contributed by atoms with Crippen molar-refractivity contribution in [3.8, 4) is 5.75 Å². The second kappa shape index (κ2) is 6.42. The molecule has 1 aromatic carbocycles.